The van der Waals surface area contributed by atoms with Gasteiger partial charge in [0.25, 0.3) is 0 Å². The Kier molecular flexibility index (Phi) is 8.87. The lowest BCUT2D eigenvalue weighted by Gasteiger charge is -2.28. The van der Waals surface area contributed by atoms with Crippen molar-refractivity contribution in [3.63, 3.8) is 0 Å². The van der Waals surface area contributed by atoms with Gasteiger partial charge in [0.2, 0.25) is 0 Å². The standard InChI is InChI=1S/C58H40N2/c1-3-15-41(16-4-1)42-27-29-43(30-28-42)44-31-36-48(37-32-44)59(55-24-12-9-20-50(55)45-17-5-2-6-18-45)49-38-33-47(34-39-49)51-21-10-13-25-56(51)60-57-26-14-11-23-53(57)54-40-35-46-19-7-8-22-52(46)58(54)60/h1-40H. The maximum Gasteiger partial charge on any atom is 0.0619 e. The van der Waals surface area contributed by atoms with E-state index in [-0.39, 0.29) is 0 Å². The highest BCUT2D eigenvalue weighted by Gasteiger charge is 2.20. The molecule has 282 valence electrons. The number of benzene rings is 10. The number of para-hydroxylation sites is 3. The fraction of sp³-hybridized carbons (Fsp3) is 0. The van der Waals surface area contributed by atoms with Crippen LogP contribution in [0.15, 0.2) is 243 Å². The van der Waals surface area contributed by atoms with E-state index in [1.165, 1.54) is 71.5 Å². The highest BCUT2D eigenvalue weighted by Crippen LogP contribution is 2.43. The van der Waals surface area contributed by atoms with E-state index in [0.29, 0.717) is 0 Å². The van der Waals surface area contributed by atoms with Crippen molar-refractivity contribution in [2.24, 2.45) is 0 Å². The normalized spacial score (nSPS) is 11.3. The van der Waals surface area contributed by atoms with E-state index in [0.717, 1.165) is 28.3 Å². The highest BCUT2D eigenvalue weighted by atomic mass is 15.1. The first-order valence-electron chi connectivity index (χ1n) is 20.6. The van der Waals surface area contributed by atoms with Gasteiger partial charge in [0.15, 0.2) is 0 Å². The fourth-order valence-electron chi connectivity index (χ4n) is 8.93. The molecule has 10 aromatic carbocycles. The van der Waals surface area contributed by atoms with Gasteiger partial charge in [0, 0.05) is 38.7 Å². The summed E-state index contributed by atoms with van der Waals surface area (Å²) in [5.74, 6) is 0. The molecule has 60 heavy (non-hydrogen) atoms. The van der Waals surface area contributed by atoms with Crippen LogP contribution < -0.4 is 4.90 Å². The van der Waals surface area contributed by atoms with Crippen molar-refractivity contribution in [3.8, 4) is 50.2 Å². The Balaban J connectivity index is 1.02. The molecule has 0 saturated carbocycles. The number of anilines is 3. The molecular formula is C58H40N2. The van der Waals surface area contributed by atoms with Crippen LogP contribution in [0.4, 0.5) is 17.1 Å². The largest absolute Gasteiger partial charge is 0.310 e. The lowest BCUT2D eigenvalue weighted by atomic mass is 9.99. The number of nitrogens with zero attached hydrogens (tertiary/aromatic N) is 2. The second-order valence-electron chi connectivity index (χ2n) is 15.3. The summed E-state index contributed by atoms with van der Waals surface area (Å²) in [5, 5.41) is 5.00. The third kappa shape index (κ3) is 6.23. The second kappa shape index (κ2) is 15.1. The summed E-state index contributed by atoms with van der Waals surface area (Å²) in [7, 11) is 0. The maximum absolute atomic E-state index is 2.47. The predicted octanol–water partition coefficient (Wildman–Crippen LogP) is 16.1. The molecule has 1 heterocycles. The van der Waals surface area contributed by atoms with Crippen molar-refractivity contribution < 1.29 is 0 Å². The number of fused-ring (bicyclic) bond motifs is 5. The van der Waals surface area contributed by atoms with Gasteiger partial charge < -0.3 is 9.47 Å². The fourth-order valence-corrected chi connectivity index (χ4v) is 8.93. The van der Waals surface area contributed by atoms with Crippen molar-refractivity contribution in [3.05, 3.63) is 243 Å². The van der Waals surface area contributed by atoms with Crippen molar-refractivity contribution in [1.82, 2.24) is 4.57 Å². The zero-order chi connectivity index (χ0) is 39.8. The average molecular weight is 765 g/mol. The summed E-state index contributed by atoms with van der Waals surface area (Å²) < 4.78 is 2.47. The first-order chi connectivity index (χ1) is 29.8. The van der Waals surface area contributed by atoms with E-state index < -0.39 is 0 Å². The summed E-state index contributed by atoms with van der Waals surface area (Å²) in [6.07, 6.45) is 0. The lowest BCUT2D eigenvalue weighted by Crippen LogP contribution is -2.11. The minimum atomic E-state index is 1.09. The number of aromatic nitrogens is 1. The molecule has 2 nitrogen and oxygen atoms in total. The van der Waals surface area contributed by atoms with Gasteiger partial charge in [-0.2, -0.15) is 0 Å². The zero-order valence-corrected chi connectivity index (χ0v) is 33.0. The molecule has 0 bridgehead atoms. The van der Waals surface area contributed by atoms with Gasteiger partial charge >= 0.3 is 0 Å². The Hall–Kier alpha value is -7.94. The van der Waals surface area contributed by atoms with E-state index >= 15 is 0 Å². The van der Waals surface area contributed by atoms with Gasteiger partial charge in [-0.1, -0.05) is 200 Å². The van der Waals surface area contributed by atoms with Crippen LogP contribution in [0, 0.1) is 0 Å². The van der Waals surface area contributed by atoms with Gasteiger partial charge in [-0.05, 0) is 81.2 Å². The van der Waals surface area contributed by atoms with E-state index in [9.17, 15) is 0 Å². The lowest BCUT2D eigenvalue weighted by molar-refractivity contribution is 1.19. The summed E-state index contributed by atoms with van der Waals surface area (Å²) in [6, 6.07) is 87.7. The smallest absolute Gasteiger partial charge is 0.0619 e. The van der Waals surface area contributed by atoms with Crippen LogP contribution in [0.2, 0.25) is 0 Å². The molecule has 0 unspecified atom stereocenters. The van der Waals surface area contributed by atoms with Crippen LogP contribution in [-0.2, 0) is 0 Å². The van der Waals surface area contributed by atoms with E-state index in [2.05, 4.69) is 252 Å². The van der Waals surface area contributed by atoms with Crippen molar-refractivity contribution >= 4 is 49.6 Å². The van der Waals surface area contributed by atoms with Crippen molar-refractivity contribution in [2.75, 3.05) is 4.90 Å². The predicted molar refractivity (Wildman–Crippen MR) is 255 cm³/mol. The van der Waals surface area contributed by atoms with Crippen LogP contribution in [0.5, 0.6) is 0 Å². The van der Waals surface area contributed by atoms with Gasteiger partial charge in [0.1, 0.15) is 0 Å². The molecule has 0 aliphatic carbocycles. The van der Waals surface area contributed by atoms with Gasteiger partial charge in [-0.3, -0.25) is 0 Å². The van der Waals surface area contributed by atoms with Crippen molar-refractivity contribution in [2.45, 2.75) is 0 Å². The Labute approximate surface area is 350 Å². The molecule has 0 aliphatic rings. The Morgan fingerprint density at radius 2 is 0.750 bits per heavy atom. The summed E-state index contributed by atoms with van der Waals surface area (Å²) >= 11 is 0. The summed E-state index contributed by atoms with van der Waals surface area (Å²) in [5.41, 5.74) is 16.4. The molecule has 0 spiro atoms. The van der Waals surface area contributed by atoms with Crippen LogP contribution in [0.3, 0.4) is 0 Å². The molecule has 0 aliphatic heterocycles. The Morgan fingerprint density at radius 1 is 0.283 bits per heavy atom. The topological polar surface area (TPSA) is 8.17 Å². The SMILES string of the molecule is c1ccc(-c2ccc(-c3ccc(N(c4ccc(-c5ccccc5-n5c6ccccc6c6ccc7ccccc7c65)cc4)c4ccccc4-c4ccccc4)cc3)cc2)cc1. The minimum Gasteiger partial charge on any atom is -0.310 e. The Bertz CT molecular complexity index is 3270. The molecule has 11 rings (SSSR count). The first kappa shape index (κ1) is 35.2. The molecule has 1 aromatic heterocycles. The quantitative estimate of drug-likeness (QED) is 0.150. The highest BCUT2D eigenvalue weighted by molar-refractivity contribution is 6.19. The van der Waals surface area contributed by atoms with Crippen LogP contribution in [-0.4, -0.2) is 4.57 Å². The Morgan fingerprint density at radius 3 is 1.43 bits per heavy atom. The number of hydrogen-bond acceptors (Lipinski definition) is 1. The summed E-state index contributed by atoms with van der Waals surface area (Å²) in [6.45, 7) is 0. The van der Waals surface area contributed by atoms with E-state index in [1.807, 2.05) is 0 Å². The molecular weight excluding hydrogens is 725 g/mol. The molecule has 0 fully saturated rings. The van der Waals surface area contributed by atoms with Crippen LogP contribution in [0.25, 0.3) is 82.8 Å². The molecule has 0 atom stereocenters. The molecule has 0 amide bonds. The second-order valence-corrected chi connectivity index (χ2v) is 15.3. The van der Waals surface area contributed by atoms with Gasteiger partial charge in [-0.25, -0.2) is 0 Å². The van der Waals surface area contributed by atoms with E-state index in [4.69, 9.17) is 0 Å². The van der Waals surface area contributed by atoms with Gasteiger partial charge in [0.05, 0.1) is 22.4 Å². The number of hydrogen-bond donors (Lipinski definition) is 0. The molecule has 2 heteroatoms. The monoisotopic (exact) mass is 764 g/mol. The summed E-state index contributed by atoms with van der Waals surface area (Å²) in [4.78, 5) is 2.39. The van der Waals surface area contributed by atoms with E-state index in [1.54, 1.807) is 0 Å². The third-order valence-corrected chi connectivity index (χ3v) is 11.8. The average Bonchev–Trinajstić information content (AvgIpc) is 3.68. The molecule has 0 N–H and O–H groups in total. The maximum atomic E-state index is 2.47. The molecule has 0 radical (unpaired) electrons. The first-order valence-corrected chi connectivity index (χ1v) is 20.6. The van der Waals surface area contributed by atoms with Crippen molar-refractivity contribution in [1.29, 1.82) is 0 Å². The zero-order valence-electron chi connectivity index (χ0n) is 33.0. The van der Waals surface area contributed by atoms with Gasteiger partial charge in [-0.15, -0.1) is 0 Å². The minimum absolute atomic E-state index is 1.09. The number of rotatable bonds is 8. The molecule has 11 aromatic rings. The van der Waals surface area contributed by atoms with Crippen LogP contribution >= 0.6 is 0 Å². The molecule has 0 saturated heterocycles. The van der Waals surface area contributed by atoms with Crippen LogP contribution in [0.1, 0.15) is 0 Å². The third-order valence-electron chi connectivity index (χ3n) is 11.8.